The summed E-state index contributed by atoms with van der Waals surface area (Å²) in [5, 5.41) is 2.05. The Morgan fingerprint density at radius 1 is 1.54 bits per heavy atom. The van der Waals surface area contributed by atoms with Gasteiger partial charge in [0.25, 0.3) is 0 Å². The summed E-state index contributed by atoms with van der Waals surface area (Å²) in [6, 6.07) is 0. The molecule has 0 aromatic rings. The van der Waals surface area contributed by atoms with Crippen LogP contribution in [0.1, 0.15) is 6.42 Å². The molecule has 0 saturated carbocycles. The van der Waals surface area contributed by atoms with Crippen molar-refractivity contribution in [1.29, 1.82) is 0 Å². The number of methoxy groups -OCH3 is 1. The molecule has 0 atom stereocenters. The maximum Gasteiger partial charge on any atom is 0.413 e. The van der Waals surface area contributed by atoms with Crippen LogP contribution in [0.15, 0.2) is 0 Å². The first-order valence-corrected chi connectivity index (χ1v) is 5.01. The number of nitrogens with two attached hydrogens (primary N) is 1. The molecule has 0 aromatic carbocycles. The second kappa shape index (κ2) is 7.88. The van der Waals surface area contributed by atoms with Crippen LogP contribution in [-0.2, 0) is 9.53 Å². The minimum Gasteiger partial charge on any atom is -0.453 e. The second-order valence-electron chi connectivity index (χ2n) is 2.23. The molecule has 13 heavy (non-hydrogen) atoms. The molecule has 3 N–H and O–H groups in total. The molecule has 5 nitrogen and oxygen atoms in total. The summed E-state index contributed by atoms with van der Waals surface area (Å²) in [4.78, 5) is 21.4. The third kappa shape index (κ3) is 7.61. The normalized spacial score (nSPS) is 9.38. The molecular weight excluding hydrogens is 192 g/mol. The van der Waals surface area contributed by atoms with Gasteiger partial charge in [-0.1, -0.05) is 0 Å². The molecule has 0 aliphatic rings. The van der Waals surface area contributed by atoms with E-state index in [0.29, 0.717) is 6.54 Å². The maximum atomic E-state index is 10.9. The van der Waals surface area contributed by atoms with Gasteiger partial charge in [-0.15, -0.1) is 0 Å². The molecule has 0 saturated heterocycles. The van der Waals surface area contributed by atoms with Crippen molar-refractivity contribution in [2.45, 2.75) is 6.42 Å². The van der Waals surface area contributed by atoms with E-state index in [1.807, 2.05) is 0 Å². The van der Waals surface area contributed by atoms with Gasteiger partial charge in [0.1, 0.15) is 0 Å². The Labute approximate surface area is 81.4 Å². The van der Waals surface area contributed by atoms with Gasteiger partial charge in [0.05, 0.1) is 12.9 Å². The summed E-state index contributed by atoms with van der Waals surface area (Å²) in [6.07, 6.45) is 0.153. The standard InChI is InChI=1S/C7H14N2O3S/c1-12-7(11)9-6(10)5-13-4-2-3-8/h2-5,8H2,1H3,(H,9,10,11). The van der Waals surface area contributed by atoms with Crippen molar-refractivity contribution in [2.24, 2.45) is 5.73 Å². The van der Waals surface area contributed by atoms with Crippen molar-refractivity contribution < 1.29 is 14.3 Å². The molecule has 6 heteroatoms. The van der Waals surface area contributed by atoms with Gasteiger partial charge < -0.3 is 10.5 Å². The smallest absolute Gasteiger partial charge is 0.413 e. The lowest BCUT2D eigenvalue weighted by Gasteiger charge is -2.01. The number of imide groups is 1. The Bertz CT molecular complexity index is 175. The summed E-state index contributed by atoms with van der Waals surface area (Å²) in [6.45, 7) is 0.617. The molecule has 76 valence electrons. The summed E-state index contributed by atoms with van der Waals surface area (Å²) < 4.78 is 4.25. The van der Waals surface area contributed by atoms with Gasteiger partial charge >= 0.3 is 6.09 Å². The highest BCUT2D eigenvalue weighted by Gasteiger charge is 2.06. The van der Waals surface area contributed by atoms with Crippen LogP contribution in [0, 0.1) is 0 Å². The van der Waals surface area contributed by atoms with Gasteiger partial charge in [-0.25, -0.2) is 4.79 Å². The number of nitrogens with one attached hydrogen (secondary N) is 1. The quantitative estimate of drug-likeness (QED) is 0.616. The molecule has 2 amide bonds. The van der Waals surface area contributed by atoms with Gasteiger partial charge in [0, 0.05) is 0 Å². The minimum atomic E-state index is -0.718. The highest BCUT2D eigenvalue weighted by molar-refractivity contribution is 7.99. The zero-order valence-electron chi connectivity index (χ0n) is 7.54. The van der Waals surface area contributed by atoms with E-state index >= 15 is 0 Å². The topological polar surface area (TPSA) is 81.4 Å². The van der Waals surface area contributed by atoms with E-state index in [1.54, 1.807) is 0 Å². The van der Waals surface area contributed by atoms with E-state index in [0.717, 1.165) is 12.2 Å². The highest BCUT2D eigenvalue weighted by atomic mass is 32.2. The van der Waals surface area contributed by atoms with Crippen LogP contribution in [0.3, 0.4) is 0 Å². The first-order chi connectivity index (χ1) is 6.20. The van der Waals surface area contributed by atoms with Crippen LogP contribution in [0.5, 0.6) is 0 Å². The predicted octanol–water partition coefficient (Wildman–Crippen LogP) is -0.0490. The van der Waals surface area contributed by atoms with Gasteiger partial charge in [-0.05, 0) is 18.7 Å². The number of rotatable bonds is 5. The Morgan fingerprint density at radius 2 is 2.23 bits per heavy atom. The van der Waals surface area contributed by atoms with Crippen molar-refractivity contribution >= 4 is 23.8 Å². The molecule has 0 unspecified atom stereocenters. The molecular formula is C7H14N2O3S. The Hall–Kier alpha value is -0.750. The van der Waals surface area contributed by atoms with E-state index in [2.05, 4.69) is 10.1 Å². The zero-order valence-corrected chi connectivity index (χ0v) is 8.36. The van der Waals surface area contributed by atoms with Gasteiger partial charge in [0.2, 0.25) is 5.91 Å². The summed E-state index contributed by atoms with van der Waals surface area (Å²) in [5.74, 6) is 0.745. The molecule has 0 heterocycles. The highest BCUT2D eigenvalue weighted by Crippen LogP contribution is 2.00. The summed E-state index contributed by atoms with van der Waals surface area (Å²) >= 11 is 1.44. The van der Waals surface area contributed by atoms with Crippen LogP contribution in [0.4, 0.5) is 4.79 Å². The van der Waals surface area contributed by atoms with Crippen LogP contribution < -0.4 is 11.1 Å². The fraction of sp³-hybridized carbons (Fsp3) is 0.714. The van der Waals surface area contributed by atoms with Gasteiger partial charge in [-0.3, -0.25) is 10.1 Å². The van der Waals surface area contributed by atoms with E-state index in [9.17, 15) is 9.59 Å². The number of carbonyl (C=O) groups is 2. The number of carbonyl (C=O) groups excluding carboxylic acids is 2. The monoisotopic (exact) mass is 206 g/mol. The largest absolute Gasteiger partial charge is 0.453 e. The third-order valence-corrected chi connectivity index (χ3v) is 2.20. The third-order valence-electron chi connectivity index (χ3n) is 1.15. The summed E-state index contributed by atoms with van der Waals surface area (Å²) in [5.41, 5.74) is 5.26. The van der Waals surface area contributed by atoms with Gasteiger partial charge in [-0.2, -0.15) is 11.8 Å². The number of amides is 2. The molecule has 0 aromatic heterocycles. The number of alkyl carbamates (subject to hydrolysis) is 1. The van der Waals surface area contributed by atoms with Crippen molar-refractivity contribution in [3.63, 3.8) is 0 Å². The van der Waals surface area contributed by atoms with Gasteiger partial charge in [0.15, 0.2) is 0 Å². The van der Waals surface area contributed by atoms with E-state index in [-0.39, 0.29) is 11.7 Å². The number of ether oxygens (including phenoxy) is 1. The fourth-order valence-electron chi connectivity index (χ4n) is 0.551. The fourth-order valence-corrected chi connectivity index (χ4v) is 1.32. The molecule has 0 rings (SSSR count). The maximum absolute atomic E-state index is 10.9. The van der Waals surface area contributed by atoms with Crippen molar-refractivity contribution in [3.05, 3.63) is 0 Å². The molecule has 0 spiro atoms. The van der Waals surface area contributed by atoms with Crippen LogP contribution in [-0.4, -0.2) is 37.2 Å². The Balaban J connectivity index is 3.35. The average molecular weight is 206 g/mol. The van der Waals surface area contributed by atoms with Crippen molar-refractivity contribution in [3.8, 4) is 0 Å². The number of hydrogen-bond acceptors (Lipinski definition) is 5. The lowest BCUT2D eigenvalue weighted by molar-refractivity contribution is -0.117. The molecule has 0 aliphatic carbocycles. The molecule has 0 radical (unpaired) electrons. The molecule has 0 aliphatic heterocycles. The summed E-state index contributed by atoms with van der Waals surface area (Å²) in [7, 11) is 1.21. The molecule has 0 bridgehead atoms. The Morgan fingerprint density at radius 3 is 2.77 bits per heavy atom. The second-order valence-corrected chi connectivity index (χ2v) is 3.34. The van der Waals surface area contributed by atoms with E-state index in [1.165, 1.54) is 18.9 Å². The van der Waals surface area contributed by atoms with Crippen molar-refractivity contribution in [1.82, 2.24) is 5.32 Å². The zero-order chi connectivity index (χ0) is 10.1. The SMILES string of the molecule is COC(=O)NC(=O)CSCCCN. The minimum absolute atomic E-state index is 0.259. The molecule has 0 fully saturated rings. The first-order valence-electron chi connectivity index (χ1n) is 3.86. The van der Waals surface area contributed by atoms with E-state index in [4.69, 9.17) is 5.73 Å². The Kier molecular flexibility index (Phi) is 7.42. The predicted molar refractivity (Wildman–Crippen MR) is 51.5 cm³/mol. The van der Waals surface area contributed by atoms with Crippen LogP contribution in [0.25, 0.3) is 0 Å². The van der Waals surface area contributed by atoms with E-state index < -0.39 is 6.09 Å². The average Bonchev–Trinajstić information content (AvgIpc) is 2.12. The van der Waals surface area contributed by atoms with Crippen LogP contribution >= 0.6 is 11.8 Å². The lowest BCUT2D eigenvalue weighted by atomic mass is 10.5. The lowest BCUT2D eigenvalue weighted by Crippen LogP contribution is -2.31. The first kappa shape index (κ1) is 12.2. The van der Waals surface area contributed by atoms with Crippen molar-refractivity contribution in [2.75, 3.05) is 25.2 Å². The number of hydrogen-bond donors (Lipinski definition) is 2. The van der Waals surface area contributed by atoms with Crippen LogP contribution in [0.2, 0.25) is 0 Å². The number of thioether (sulfide) groups is 1.